The standard InChI is InChI=1S/C19H19NO2/c1-4-22-19(21)16-12-18(20-10-6-5-7-17(16)20)15-9-8-13(2)14(3)11-15/h5-12H,4H2,1-3H3. The van der Waals surface area contributed by atoms with Crippen molar-refractivity contribution in [3.63, 3.8) is 0 Å². The largest absolute Gasteiger partial charge is 0.462 e. The molecule has 0 spiro atoms. The van der Waals surface area contributed by atoms with E-state index < -0.39 is 0 Å². The molecule has 0 N–H and O–H groups in total. The molecule has 2 aromatic heterocycles. The van der Waals surface area contributed by atoms with Gasteiger partial charge in [-0.05, 0) is 61.7 Å². The number of esters is 1. The highest BCUT2D eigenvalue weighted by molar-refractivity contribution is 5.99. The third-order valence-corrected chi connectivity index (χ3v) is 3.97. The fraction of sp³-hybridized carbons (Fsp3) is 0.211. The summed E-state index contributed by atoms with van der Waals surface area (Å²) >= 11 is 0. The van der Waals surface area contributed by atoms with Gasteiger partial charge in [0.15, 0.2) is 0 Å². The summed E-state index contributed by atoms with van der Waals surface area (Å²) < 4.78 is 7.21. The molecule has 22 heavy (non-hydrogen) atoms. The normalized spacial score (nSPS) is 10.9. The third kappa shape index (κ3) is 2.39. The quantitative estimate of drug-likeness (QED) is 0.670. The monoisotopic (exact) mass is 293 g/mol. The molecule has 0 unspecified atom stereocenters. The van der Waals surface area contributed by atoms with Gasteiger partial charge in [0, 0.05) is 6.20 Å². The molecule has 0 saturated heterocycles. The number of ether oxygens (including phenoxy) is 1. The molecule has 0 amide bonds. The van der Waals surface area contributed by atoms with Crippen LogP contribution in [0.2, 0.25) is 0 Å². The first-order valence-corrected chi connectivity index (χ1v) is 7.46. The van der Waals surface area contributed by atoms with Crippen LogP contribution in [-0.4, -0.2) is 17.0 Å². The van der Waals surface area contributed by atoms with Crippen molar-refractivity contribution in [3.05, 3.63) is 65.4 Å². The topological polar surface area (TPSA) is 30.7 Å². The van der Waals surface area contributed by atoms with Gasteiger partial charge in [0.25, 0.3) is 0 Å². The van der Waals surface area contributed by atoms with Crippen LogP contribution in [0.3, 0.4) is 0 Å². The van der Waals surface area contributed by atoms with Crippen molar-refractivity contribution in [2.24, 2.45) is 0 Å². The van der Waals surface area contributed by atoms with Gasteiger partial charge in [0.1, 0.15) is 0 Å². The Kier molecular flexibility index (Phi) is 3.72. The lowest BCUT2D eigenvalue weighted by atomic mass is 10.0. The van der Waals surface area contributed by atoms with E-state index in [0.717, 1.165) is 16.8 Å². The molecule has 0 aliphatic rings. The molecule has 1 aromatic carbocycles. The van der Waals surface area contributed by atoms with Crippen LogP contribution in [-0.2, 0) is 4.74 Å². The second-order valence-electron chi connectivity index (χ2n) is 5.42. The molecule has 0 radical (unpaired) electrons. The van der Waals surface area contributed by atoms with E-state index in [1.54, 1.807) is 0 Å². The Balaban J connectivity index is 2.21. The zero-order valence-electron chi connectivity index (χ0n) is 13.1. The van der Waals surface area contributed by atoms with Crippen LogP contribution in [0.4, 0.5) is 0 Å². The van der Waals surface area contributed by atoms with E-state index in [4.69, 9.17) is 4.74 Å². The molecule has 2 heterocycles. The van der Waals surface area contributed by atoms with E-state index in [1.807, 2.05) is 41.8 Å². The summed E-state index contributed by atoms with van der Waals surface area (Å²) in [6, 6.07) is 14.1. The van der Waals surface area contributed by atoms with Gasteiger partial charge in [-0.3, -0.25) is 0 Å². The highest BCUT2D eigenvalue weighted by Crippen LogP contribution is 2.28. The van der Waals surface area contributed by atoms with Crippen molar-refractivity contribution < 1.29 is 9.53 Å². The summed E-state index contributed by atoms with van der Waals surface area (Å²) in [5.41, 5.74) is 6.07. The second-order valence-corrected chi connectivity index (χ2v) is 5.42. The lowest BCUT2D eigenvalue weighted by Gasteiger charge is -2.06. The average Bonchev–Trinajstić information content (AvgIpc) is 2.90. The average molecular weight is 293 g/mol. The number of pyridine rings is 1. The maximum absolute atomic E-state index is 12.2. The maximum Gasteiger partial charge on any atom is 0.340 e. The van der Waals surface area contributed by atoms with E-state index in [-0.39, 0.29) is 5.97 Å². The minimum absolute atomic E-state index is 0.277. The van der Waals surface area contributed by atoms with E-state index in [1.165, 1.54) is 11.1 Å². The summed E-state index contributed by atoms with van der Waals surface area (Å²) in [6.07, 6.45) is 1.97. The molecule has 3 rings (SSSR count). The SMILES string of the molecule is CCOC(=O)c1cc(-c2ccc(C)c(C)c2)n2ccccc12. The van der Waals surface area contributed by atoms with E-state index in [0.29, 0.717) is 12.2 Å². The van der Waals surface area contributed by atoms with Crippen LogP contribution in [0.15, 0.2) is 48.7 Å². The molecule has 3 nitrogen and oxygen atoms in total. The van der Waals surface area contributed by atoms with Crippen LogP contribution in [0, 0.1) is 13.8 Å². The minimum Gasteiger partial charge on any atom is -0.462 e. The van der Waals surface area contributed by atoms with Crippen molar-refractivity contribution in [2.75, 3.05) is 6.61 Å². The Bertz CT molecular complexity index is 846. The molecular formula is C19H19NO2. The Morgan fingerprint density at radius 3 is 2.64 bits per heavy atom. The molecule has 0 atom stereocenters. The Morgan fingerprint density at radius 1 is 1.09 bits per heavy atom. The van der Waals surface area contributed by atoms with Crippen molar-refractivity contribution in [2.45, 2.75) is 20.8 Å². The summed E-state index contributed by atoms with van der Waals surface area (Å²) in [4.78, 5) is 12.2. The van der Waals surface area contributed by atoms with Crippen molar-refractivity contribution in [1.82, 2.24) is 4.40 Å². The van der Waals surface area contributed by atoms with E-state index in [9.17, 15) is 4.79 Å². The number of aryl methyl sites for hydroxylation is 2. The van der Waals surface area contributed by atoms with E-state index >= 15 is 0 Å². The Labute approximate surface area is 130 Å². The number of hydrogen-bond acceptors (Lipinski definition) is 2. The van der Waals surface area contributed by atoms with Crippen LogP contribution in [0.1, 0.15) is 28.4 Å². The number of benzene rings is 1. The predicted molar refractivity (Wildman–Crippen MR) is 88.3 cm³/mol. The van der Waals surface area contributed by atoms with Gasteiger partial charge in [-0.2, -0.15) is 0 Å². The molecule has 3 aromatic rings. The highest BCUT2D eigenvalue weighted by Gasteiger charge is 2.17. The number of fused-ring (bicyclic) bond motifs is 1. The molecule has 0 fully saturated rings. The third-order valence-electron chi connectivity index (χ3n) is 3.97. The first kappa shape index (κ1) is 14.4. The van der Waals surface area contributed by atoms with Gasteiger partial charge >= 0.3 is 5.97 Å². The van der Waals surface area contributed by atoms with Gasteiger partial charge in [-0.25, -0.2) is 4.79 Å². The zero-order valence-corrected chi connectivity index (χ0v) is 13.1. The Hall–Kier alpha value is -2.55. The summed E-state index contributed by atoms with van der Waals surface area (Å²) in [5.74, 6) is -0.277. The van der Waals surface area contributed by atoms with Gasteiger partial charge in [0.2, 0.25) is 0 Å². The fourth-order valence-corrected chi connectivity index (χ4v) is 2.65. The van der Waals surface area contributed by atoms with Crippen LogP contribution < -0.4 is 0 Å². The second kappa shape index (κ2) is 5.68. The van der Waals surface area contributed by atoms with Crippen molar-refractivity contribution in [1.29, 1.82) is 0 Å². The number of carbonyl (C=O) groups is 1. The molecular weight excluding hydrogens is 274 g/mol. The van der Waals surface area contributed by atoms with Crippen LogP contribution >= 0.6 is 0 Å². The number of aromatic nitrogens is 1. The van der Waals surface area contributed by atoms with Crippen molar-refractivity contribution in [3.8, 4) is 11.3 Å². The molecule has 112 valence electrons. The predicted octanol–water partition coefficient (Wildman–Crippen LogP) is 4.40. The van der Waals surface area contributed by atoms with E-state index in [2.05, 4.69) is 32.0 Å². The van der Waals surface area contributed by atoms with Gasteiger partial charge in [0.05, 0.1) is 23.4 Å². The summed E-state index contributed by atoms with van der Waals surface area (Å²) in [6.45, 7) is 6.39. The number of nitrogens with zero attached hydrogens (tertiary/aromatic N) is 1. The van der Waals surface area contributed by atoms with Crippen molar-refractivity contribution >= 4 is 11.5 Å². The lowest BCUT2D eigenvalue weighted by molar-refractivity contribution is 0.0529. The van der Waals surface area contributed by atoms with Crippen LogP contribution in [0.25, 0.3) is 16.8 Å². The molecule has 3 heteroatoms. The molecule has 0 aliphatic heterocycles. The fourth-order valence-electron chi connectivity index (χ4n) is 2.65. The van der Waals surface area contributed by atoms with Gasteiger partial charge < -0.3 is 9.14 Å². The highest BCUT2D eigenvalue weighted by atomic mass is 16.5. The summed E-state index contributed by atoms with van der Waals surface area (Å²) in [7, 11) is 0. The molecule has 0 bridgehead atoms. The minimum atomic E-state index is -0.277. The van der Waals surface area contributed by atoms with Crippen LogP contribution in [0.5, 0.6) is 0 Å². The smallest absolute Gasteiger partial charge is 0.340 e. The Morgan fingerprint density at radius 2 is 1.91 bits per heavy atom. The number of rotatable bonds is 3. The van der Waals surface area contributed by atoms with Gasteiger partial charge in [-0.1, -0.05) is 18.2 Å². The molecule has 0 saturated carbocycles. The number of carbonyl (C=O) groups excluding carboxylic acids is 1. The summed E-state index contributed by atoms with van der Waals surface area (Å²) in [5, 5.41) is 0. The molecule has 0 aliphatic carbocycles. The maximum atomic E-state index is 12.2. The number of hydrogen-bond donors (Lipinski definition) is 0. The zero-order chi connectivity index (χ0) is 15.7. The lowest BCUT2D eigenvalue weighted by Crippen LogP contribution is -2.03. The first-order chi connectivity index (χ1) is 10.6. The van der Waals surface area contributed by atoms with Gasteiger partial charge in [-0.15, -0.1) is 0 Å². The first-order valence-electron chi connectivity index (χ1n) is 7.46.